The molecule has 0 N–H and O–H groups in total. The van der Waals surface area contributed by atoms with Crippen LogP contribution >= 0.6 is 0 Å². The number of pyridine rings is 1. The molecule has 0 saturated heterocycles. The van der Waals surface area contributed by atoms with E-state index in [2.05, 4.69) is 52.3 Å². The van der Waals surface area contributed by atoms with E-state index >= 15 is 0 Å². The van der Waals surface area contributed by atoms with E-state index in [0.29, 0.717) is 0 Å². The second kappa shape index (κ2) is 6.63. The SMILES string of the molecule is Cc1ccc(CN2CCc3onc(-c4ccccc4)c3C2)c2cccnc12. The first kappa shape index (κ1) is 16.2. The molecule has 3 heterocycles. The molecule has 0 unspecified atom stereocenters. The lowest BCUT2D eigenvalue weighted by atomic mass is 10.00. The van der Waals surface area contributed by atoms with Crippen molar-refractivity contribution in [2.75, 3.05) is 6.54 Å². The number of rotatable bonds is 3. The predicted molar refractivity (Wildman–Crippen MR) is 106 cm³/mol. The van der Waals surface area contributed by atoms with Gasteiger partial charge >= 0.3 is 0 Å². The summed E-state index contributed by atoms with van der Waals surface area (Å²) in [6.45, 7) is 4.86. The van der Waals surface area contributed by atoms with E-state index in [4.69, 9.17) is 4.52 Å². The van der Waals surface area contributed by atoms with E-state index < -0.39 is 0 Å². The molecule has 1 aliphatic rings. The van der Waals surface area contributed by atoms with Crippen molar-refractivity contribution in [1.29, 1.82) is 0 Å². The minimum atomic E-state index is 0.860. The van der Waals surface area contributed by atoms with E-state index in [9.17, 15) is 0 Å². The molecule has 0 fully saturated rings. The molecule has 4 aromatic rings. The van der Waals surface area contributed by atoms with Crippen LogP contribution in [-0.4, -0.2) is 21.6 Å². The Bertz CT molecular complexity index is 1100. The Hall–Kier alpha value is -2.98. The fourth-order valence-electron chi connectivity index (χ4n) is 3.97. The molecular weight excluding hydrogens is 334 g/mol. The maximum atomic E-state index is 5.64. The number of aryl methyl sites for hydroxylation is 1. The van der Waals surface area contributed by atoms with Crippen molar-refractivity contribution in [3.05, 3.63) is 83.2 Å². The Morgan fingerprint density at radius 1 is 1.04 bits per heavy atom. The largest absolute Gasteiger partial charge is 0.360 e. The lowest BCUT2D eigenvalue weighted by Gasteiger charge is -2.26. The zero-order chi connectivity index (χ0) is 18.2. The van der Waals surface area contributed by atoms with Crippen molar-refractivity contribution in [1.82, 2.24) is 15.0 Å². The summed E-state index contributed by atoms with van der Waals surface area (Å²) < 4.78 is 5.64. The van der Waals surface area contributed by atoms with Gasteiger partial charge in [-0.15, -0.1) is 0 Å². The Kier molecular flexibility index (Phi) is 3.98. The molecule has 0 amide bonds. The van der Waals surface area contributed by atoms with Crippen molar-refractivity contribution >= 4 is 10.9 Å². The average molecular weight is 355 g/mol. The van der Waals surface area contributed by atoms with Gasteiger partial charge in [-0.3, -0.25) is 9.88 Å². The molecular formula is C23H21N3O. The predicted octanol–water partition coefficient (Wildman–Crippen LogP) is 4.76. The summed E-state index contributed by atoms with van der Waals surface area (Å²) in [5.74, 6) is 1.03. The number of hydrogen-bond acceptors (Lipinski definition) is 4. The van der Waals surface area contributed by atoms with Crippen LogP contribution in [0.15, 0.2) is 65.3 Å². The third-order valence-electron chi connectivity index (χ3n) is 5.41. The average Bonchev–Trinajstić information content (AvgIpc) is 3.14. The molecule has 134 valence electrons. The molecule has 27 heavy (non-hydrogen) atoms. The third-order valence-corrected chi connectivity index (χ3v) is 5.41. The summed E-state index contributed by atoms with van der Waals surface area (Å²) in [7, 11) is 0. The number of aromatic nitrogens is 2. The van der Waals surface area contributed by atoms with Gasteiger partial charge in [0.05, 0.1) is 5.52 Å². The lowest BCUT2D eigenvalue weighted by Crippen LogP contribution is -2.29. The van der Waals surface area contributed by atoms with E-state index in [-0.39, 0.29) is 0 Å². The third kappa shape index (κ3) is 2.92. The summed E-state index contributed by atoms with van der Waals surface area (Å²) in [5.41, 5.74) is 6.97. The van der Waals surface area contributed by atoms with Gasteiger partial charge in [0, 0.05) is 48.8 Å². The zero-order valence-electron chi connectivity index (χ0n) is 15.4. The Balaban J connectivity index is 1.46. The van der Waals surface area contributed by atoms with Crippen molar-refractivity contribution < 1.29 is 4.52 Å². The fourth-order valence-corrected chi connectivity index (χ4v) is 3.97. The lowest BCUT2D eigenvalue weighted by molar-refractivity contribution is 0.229. The first-order valence-corrected chi connectivity index (χ1v) is 9.38. The number of hydrogen-bond donors (Lipinski definition) is 0. The summed E-state index contributed by atoms with van der Waals surface area (Å²) in [5, 5.41) is 5.61. The van der Waals surface area contributed by atoms with Gasteiger partial charge < -0.3 is 4.52 Å². The van der Waals surface area contributed by atoms with Gasteiger partial charge in [0.25, 0.3) is 0 Å². The Morgan fingerprint density at radius 3 is 2.81 bits per heavy atom. The molecule has 1 aliphatic heterocycles. The molecule has 0 atom stereocenters. The maximum Gasteiger partial charge on any atom is 0.143 e. The van der Waals surface area contributed by atoms with Gasteiger partial charge in [-0.2, -0.15) is 0 Å². The minimum Gasteiger partial charge on any atom is -0.360 e. The molecule has 4 nitrogen and oxygen atoms in total. The van der Waals surface area contributed by atoms with Gasteiger partial charge in [-0.25, -0.2) is 0 Å². The van der Waals surface area contributed by atoms with Crippen molar-refractivity contribution in [3.63, 3.8) is 0 Å². The van der Waals surface area contributed by atoms with Crippen LogP contribution in [0.1, 0.15) is 22.5 Å². The molecule has 0 aliphatic carbocycles. The second-order valence-corrected chi connectivity index (χ2v) is 7.20. The fraction of sp³-hybridized carbons (Fsp3) is 0.217. The van der Waals surface area contributed by atoms with E-state index in [1.165, 1.54) is 22.1 Å². The molecule has 0 saturated carbocycles. The van der Waals surface area contributed by atoms with Gasteiger partial charge in [0.1, 0.15) is 11.5 Å². The summed E-state index contributed by atoms with van der Waals surface area (Å²) in [4.78, 5) is 7.05. The highest BCUT2D eigenvalue weighted by molar-refractivity contribution is 5.84. The van der Waals surface area contributed by atoms with Crippen LogP contribution < -0.4 is 0 Å². The van der Waals surface area contributed by atoms with Gasteiger partial charge in [-0.1, -0.05) is 53.7 Å². The molecule has 2 aromatic carbocycles. The van der Waals surface area contributed by atoms with Gasteiger partial charge in [-0.05, 0) is 24.1 Å². The highest BCUT2D eigenvalue weighted by atomic mass is 16.5. The van der Waals surface area contributed by atoms with Crippen LogP contribution in [0.4, 0.5) is 0 Å². The van der Waals surface area contributed by atoms with Crippen LogP contribution in [0, 0.1) is 6.92 Å². The van der Waals surface area contributed by atoms with Crippen LogP contribution in [-0.2, 0) is 19.5 Å². The van der Waals surface area contributed by atoms with Crippen molar-refractivity contribution in [2.45, 2.75) is 26.4 Å². The van der Waals surface area contributed by atoms with E-state index in [1.807, 2.05) is 30.5 Å². The molecule has 0 bridgehead atoms. The smallest absolute Gasteiger partial charge is 0.143 e. The topological polar surface area (TPSA) is 42.2 Å². The summed E-state index contributed by atoms with van der Waals surface area (Å²) in [6.07, 6.45) is 2.77. The first-order valence-electron chi connectivity index (χ1n) is 9.38. The molecule has 4 heteroatoms. The summed E-state index contributed by atoms with van der Waals surface area (Å²) >= 11 is 0. The van der Waals surface area contributed by atoms with E-state index in [0.717, 1.165) is 48.6 Å². The monoisotopic (exact) mass is 355 g/mol. The van der Waals surface area contributed by atoms with E-state index in [1.54, 1.807) is 0 Å². The van der Waals surface area contributed by atoms with Crippen LogP contribution in [0.2, 0.25) is 0 Å². The number of fused-ring (bicyclic) bond motifs is 2. The van der Waals surface area contributed by atoms with Crippen molar-refractivity contribution in [2.24, 2.45) is 0 Å². The standard InChI is InChI=1S/C23H21N3O/c1-16-9-10-18(19-8-5-12-24-22(16)19)14-26-13-11-21-20(15-26)23(25-27-21)17-6-3-2-4-7-17/h2-10,12H,11,13-15H2,1H3. The number of benzene rings is 2. The number of nitrogens with zero attached hydrogens (tertiary/aromatic N) is 3. The summed E-state index contributed by atoms with van der Waals surface area (Å²) in [6, 6.07) is 18.9. The van der Waals surface area contributed by atoms with Gasteiger partial charge in [0.2, 0.25) is 0 Å². The molecule has 5 rings (SSSR count). The first-order chi connectivity index (χ1) is 13.3. The van der Waals surface area contributed by atoms with Crippen LogP contribution in [0.3, 0.4) is 0 Å². The van der Waals surface area contributed by atoms with Crippen molar-refractivity contribution in [3.8, 4) is 11.3 Å². The zero-order valence-corrected chi connectivity index (χ0v) is 15.4. The highest BCUT2D eigenvalue weighted by Gasteiger charge is 2.25. The molecule has 0 spiro atoms. The maximum absolute atomic E-state index is 5.64. The molecule has 2 aromatic heterocycles. The van der Waals surface area contributed by atoms with Crippen LogP contribution in [0.5, 0.6) is 0 Å². The van der Waals surface area contributed by atoms with Crippen LogP contribution in [0.25, 0.3) is 22.2 Å². The quantitative estimate of drug-likeness (QED) is 0.531. The second-order valence-electron chi connectivity index (χ2n) is 7.20. The van der Waals surface area contributed by atoms with Gasteiger partial charge in [0.15, 0.2) is 0 Å². The normalized spacial score (nSPS) is 14.4. The Labute approximate surface area is 158 Å². The molecule has 0 radical (unpaired) electrons. The minimum absolute atomic E-state index is 0.860. The Morgan fingerprint density at radius 2 is 1.93 bits per heavy atom. The highest BCUT2D eigenvalue weighted by Crippen LogP contribution is 2.31.